The van der Waals surface area contributed by atoms with E-state index >= 15 is 0 Å². The number of benzene rings is 1. The Morgan fingerprint density at radius 1 is 1.19 bits per heavy atom. The Balaban J connectivity index is 1.54. The van der Waals surface area contributed by atoms with Gasteiger partial charge < -0.3 is 14.0 Å². The van der Waals surface area contributed by atoms with Crippen LogP contribution in [0.3, 0.4) is 0 Å². The number of thiophene rings is 1. The molecule has 1 fully saturated rings. The Morgan fingerprint density at radius 3 is 2.77 bits per heavy atom. The lowest BCUT2D eigenvalue weighted by Gasteiger charge is -2.11. The molecule has 0 spiro atoms. The summed E-state index contributed by atoms with van der Waals surface area (Å²) in [5.41, 5.74) is 1.10. The lowest BCUT2D eigenvalue weighted by atomic mass is 10.2. The SMILES string of the molecule is COc1ccc(OC)c(CSc2nnc(Cc3cccs3)n2C2CC2)c1. The van der Waals surface area contributed by atoms with Crippen molar-refractivity contribution in [2.24, 2.45) is 0 Å². The van der Waals surface area contributed by atoms with Crippen LogP contribution in [0.1, 0.15) is 35.1 Å². The van der Waals surface area contributed by atoms with Gasteiger partial charge in [0.1, 0.15) is 17.3 Å². The van der Waals surface area contributed by atoms with Crippen LogP contribution < -0.4 is 9.47 Å². The maximum atomic E-state index is 5.49. The minimum atomic E-state index is 0.551. The molecule has 2 heterocycles. The first kappa shape index (κ1) is 17.4. The summed E-state index contributed by atoms with van der Waals surface area (Å²) >= 11 is 3.48. The van der Waals surface area contributed by atoms with Crippen molar-refractivity contribution >= 4 is 23.1 Å². The maximum absolute atomic E-state index is 5.49. The molecule has 0 radical (unpaired) electrons. The van der Waals surface area contributed by atoms with Crippen LogP contribution in [0.4, 0.5) is 0 Å². The highest BCUT2D eigenvalue weighted by molar-refractivity contribution is 7.98. The van der Waals surface area contributed by atoms with E-state index in [0.29, 0.717) is 6.04 Å². The van der Waals surface area contributed by atoms with Crippen molar-refractivity contribution in [1.82, 2.24) is 14.8 Å². The van der Waals surface area contributed by atoms with Crippen molar-refractivity contribution in [3.05, 3.63) is 52.0 Å². The molecule has 1 aliphatic rings. The molecule has 26 heavy (non-hydrogen) atoms. The second-order valence-corrected chi connectivity index (χ2v) is 8.20. The van der Waals surface area contributed by atoms with Gasteiger partial charge in [-0.25, -0.2) is 0 Å². The standard InChI is InChI=1S/C19H21N3O2S2/c1-23-15-7-8-17(24-2)13(10-15)12-26-19-21-20-18(22(19)14-5-6-14)11-16-4-3-9-25-16/h3-4,7-10,14H,5-6,11-12H2,1-2H3. The second-order valence-electron chi connectivity index (χ2n) is 6.22. The van der Waals surface area contributed by atoms with E-state index in [9.17, 15) is 0 Å². The predicted molar refractivity (Wildman–Crippen MR) is 105 cm³/mol. The summed E-state index contributed by atoms with van der Waals surface area (Å²) in [5.74, 6) is 3.54. The first-order valence-electron chi connectivity index (χ1n) is 8.58. The van der Waals surface area contributed by atoms with Gasteiger partial charge in [-0.05, 0) is 42.5 Å². The van der Waals surface area contributed by atoms with E-state index in [4.69, 9.17) is 9.47 Å². The average Bonchev–Trinajstić information content (AvgIpc) is 3.22. The molecule has 7 heteroatoms. The van der Waals surface area contributed by atoms with Gasteiger partial charge in [-0.3, -0.25) is 0 Å². The Bertz CT molecular complexity index is 873. The maximum Gasteiger partial charge on any atom is 0.191 e. The molecule has 4 rings (SSSR count). The number of methoxy groups -OCH3 is 2. The van der Waals surface area contributed by atoms with Crippen LogP contribution in [0, 0.1) is 0 Å². The smallest absolute Gasteiger partial charge is 0.191 e. The number of aromatic nitrogens is 3. The van der Waals surface area contributed by atoms with Gasteiger partial charge in [0.2, 0.25) is 0 Å². The van der Waals surface area contributed by atoms with Gasteiger partial charge in [0, 0.05) is 28.7 Å². The summed E-state index contributed by atoms with van der Waals surface area (Å²) < 4.78 is 13.2. The lowest BCUT2D eigenvalue weighted by molar-refractivity contribution is 0.400. The van der Waals surface area contributed by atoms with Crippen LogP contribution in [0.15, 0.2) is 40.9 Å². The summed E-state index contributed by atoms with van der Waals surface area (Å²) in [6.45, 7) is 0. The first-order chi connectivity index (χ1) is 12.8. The zero-order valence-electron chi connectivity index (χ0n) is 14.8. The van der Waals surface area contributed by atoms with Crippen molar-refractivity contribution in [3.8, 4) is 11.5 Å². The zero-order chi connectivity index (χ0) is 17.9. The van der Waals surface area contributed by atoms with Gasteiger partial charge in [-0.2, -0.15) is 0 Å². The Hall–Kier alpha value is -1.99. The topological polar surface area (TPSA) is 49.2 Å². The van der Waals surface area contributed by atoms with Crippen molar-refractivity contribution in [3.63, 3.8) is 0 Å². The van der Waals surface area contributed by atoms with Crippen LogP contribution in [-0.4, -0.2) is 29.0 Å². The number of hydrogen-bond acceptors (Lipinski definition) is 6. The van der Waals surface area contributed by atoms with Gasteiger partial charge in [-0.1, -0.05) is 17.8 Å². The van der Waals surface area contributed by atoms with E-state index in [1.54, 1.807) is 37.3 Å². The van der Waals surface area contributed by atoms with E-state index < -0.39 is 0 Å². The largest absolute Gasteiger partial charge is 0.497 e. The molecule has 1 saturated carbocycles. The zero-order valence-corrected chi connectivity index (χ0v) is 16.5. The molecule has 0 amide bonds. The van der Waals surface area contributed by atoms with Crippen LogP contribution in [0.2, 0.25) is 0 Å². The molecule has 0 unspecified atom stereocenters. The monoisotopic (exact) mass is 387 g/mol. The highest BCUT2D eigenvalue weighted by Gasteiger charge is 2.29. The third kappa shape index (κ3) is 3.73. The van der Waals surface area contributed by atoms with Gasteiger partial charge in [-0.15, -0.1) is 21.5 Å². The summed E-state index contributed by atoms with van der Waals surface area (Å²) in [6.07, 6.45) is 3.28. The molecule has 0 atom stereocenters. The Kier molecular flexibility index (Phi) is 5.17. The van der Waals surface area contributed by atoms with E-state index in [1.807, 2.05) is 18.2 Å². The minimum absolute atomic E-state index is 0.551. The van der Waals surface area contributed by atoms with Crippen LogP contribution >= 0.6 is 23.1 Å². The fraction of sp³-hybridized carbons (Fsp3) is 0.368. The molecular weight excluding hydrogens is 366 g/mol. The lowest BCUT2D eigenvalue weighted by Crippen LogP contribution is -2.03. The molecule has 1 aliphatic carbocycles. The normalized spacial score (nSPS) is 13.8. The number of nitrogens with zero attached hydrogens (tertiary/aromatic N) is 3. The first-order valence-corrected chi connectivity index (χ1v) is 10.4. The number of rotatable bonds is 8. The summed E-state index contributed by atoms with van der Waals surface area (Å²) in [5, 5.41) is 12.1. The van der Waals surface area contributed by atoms with Crippen molar-refractivity contribution in [1.29, 1.82) is 0 Å². The van der Waals surface area contributed by atoms with Gasteiger partial charge in [0.15, 0.2) is 5.16 Å². The molecule has 3 aromatic rings. The highest BCUT2D eigenvalue weighted by Crippen LogP contribution is 2.40. The molecule has 2 aromatic heterocycles. The van der Waals surface area contributed by atoms with Gasteiger partial charge >= 0.3 is 0 Å². The molecule has 5 nitrogen and oxygen atoms in total. The third-order valence-corrected chi connectivity index (χ3v) is 6.27. The number of thioether (sulfide) groups is 1. The molecular formula is C19H21N3O2S2. The van der Waals surface area contributed by atoms with Gasteiger partial charge in [0.25, 0.3) is 0 Å². The van der Waals surface area contributed by atoms with Crippen molar-refractivity contribution in [2.45, 2.75) is 36.2 Å². The summed E-state index contributed by atoms with van der Waals surface area (Å²) in [4.78, 5) is 1.32. The fourth-order valence-electron chi connectivity index (χ4n) is 2.93. The fourth-order valence-corrected chi connectivity index (χ4v) is 4.64. The van der Waals surface area contributed by atoms with E-state index in [1.165, 1.54) is 17.7 Å². The van der Waals surface area contributed by atoms with Crippen LogP contribution in [-0.2, 0) is 12.2 Å². The molecule has 0 saturated heterocycles. The number of hydrogen-bond donors (Lipinski definition) is 0. The molecule has 1 aromatic carbocycles. The second kappa shape index (κ2) is 7.72. The van der Waals surface area contributed by atoms with E-state index in [0.717, 1.165) is 40.2 Å². The Labute approximate surface area is 161 Å². The molecule has 0 N–H and O–H groups in total. The highest BCUT2D eigenvalue weighted by atomic mass is 32.2. The van der Waals surface area contributed by atoms with Gasteiger partial charge in [0.05, 0.1) is 14.2 Å². The average molecular weight is 388 g/mol. The van der Waals surface area contributed by atoms with Crippen molar-refractivity contribution in [2.75, 3.05) is 14.2 Å². The van der Waals surface area contributed by atoms with E-state index in [-0.39, 0.29) is 0 Å². The Morgan fingerprint density at radius 2 is 2.08 bits per heavy atom. The van der Waals surface area contributed by atoms with E-state index in [2.05, 4.69) is 32.3 Å². The van der Waals surface area contributed by atoms with Crippen molar-refractivity contribution < 1.29 is 9.47 Å². The molecule has 0 bridgehead atoms. The third-order valence-electron chi connectivity index (χ3n) is 4.40. The molecule has 0 aliphatic heterocycles. The van der Waals surface area contributed by atoms with Crippen LogP contribution in [0.25, 0.3) is 0 Å². The summed E-state index contributed by atoms with van der Waals surface area (Å²) in [7, 11) is 3.38. The minimum Gasteiger partial charge on any atom is -0.497 e. The van der Waals surface area contributed by atoms with Crippen LogP contribution in [0.5, 0.6) is 11.5 Å². The summed E-state index contributed by atoms with van der Waals surface area (Å²) in [6, 6.07) is 10.7. The quantitative estimate of drug-likeness (QED) is 0.530. The predicted octanol–water partition coefficient (Wildman–Crippen LogP) is 4.57. The number of ether oxygens (including phenoxy) is 2. The molecule has 136 valence electrons.